The number of nitrogens with zero attached hydrogens (tertiary/aromatic N) is 5. The highest BCUT2D eigenvalue weighted by atomic mass is 32.2. The Balaban J connectivity index is 2.37. The van der Waals surface area contributed by atoms with Gasteiger partial charge < -0.3 is 5.11 Å². The number of aryl methyl sites for hydroxylation is 1. The van der Waals surface area contributed by atoms with Crippen LogP contribution in [0.2, 0.25) is 0 Å². The van der Waals surface area contributed by atoms with E-state index in [9.17, 15) is 13.2 Å². The standard InChI is InChI=1S/C6H7N7O4S/c1-13-10-6(9-12-13)11-18(16,17)4-3(5(14)15)2-7-8-4/h2H,1H3,(H,7,8)(H,10,11)(H,14,15). The summed E-state index contributed by atoms with van der Waals surface area (Å²) in [6.07, 6.45) is 0.890. The smallest absolute Gasteiger partial charge is 0.340 e. The fourth-order valence-corrected chi connectivity index (χ4v) is 2.15. The third-order valence-electron chi connectivity index (χ3n) is 1.84. The average molecular weight is 273 g/mol. The number of aromatic carboxylic acids is 1. The van der Waals surface area contributed by atoms with E-state index >= 15 is 0 Å². The number of hydrogen-bond acceptors (Lipinski definition) is 7. The molecule has 0 bridgehead atoms. The molecule has 11 nitrogen and oxygen atoms in total. The molecule has 0 saturated carbocycles. The number of carboxylic acid groups (broad SMARTS) is 1. The number of nitrogens with one attached hydrogen (secondary N) is 2. The number of tetrazole rings is 1. The maximum atomic E-state index is 11.8. The van der Waals surface area contributed by atoms with E-state index in [4.69, 9.17) is 5.11 Å². The van der Waals surface area contributed by atoms with Gasteiger partial charge in [-0.2, -0.15) is 18.3 Å². The lowest BCUT2D eigenvalue weighted by Gasteiger charge is -2.01. The number of H-pyrrole nitrogens is 1. The van der Waals surface area contributed by atoms with Crippen molar-refractivity contribution in [1.29, 1.82) is 0 Å². The van der Waals surface area contributed by atoms with Crippen molar-refractivity contribution < 1.29 is 18.3 Å². The van der Waals surface area contributed by atoms with Crippen LogP contribution < -0.4 is 4.72 Å². The molecule has 2 rings (SSSR count). The molecular formula is C6H7N7O4S. The fourth-order valence-electron chi connectivity index (χ4n) is 1.13. The van der Waals surface area contributed by atoms with Crippen LogP contribution >= 0.6 is 0 Å². The highest BCUT2D eigenvalue weighted by Crippen LogP contribution is 2.14. The number of sulfonamides is 1. The Kier molecular flexibility index (Phi) is 2.70. The number of carbonyl (C=O) groups is 1. The first-order valence-electron chi connectivity index (χ1n) is 4.43. The van der Waals surface area contributed by atoms with Crippen molar-refractivity contribution >= 4 is 21.9 Å². The maximum Gasteiger partial charge on any atom is 0.340 e. The van der Waals surface area contributed by atoms with Crippen LogP contribution in [-0.4, -0.2) is 49.9 Å². The molecule has 2 aromatic heterocycles. The van der Waals surface area contributed by atoms with E-state index in [-0.39, 0.29) is 5.95 Å². The molecule has 0 atom stereocenters. The van der Waals surface area contributed by atoms with Crippen LogP contribution in [0.25, 0.3) is 0 Å². The SMILES string of the molecule is Cn1nnc(NS(=O)(=O)c2[nH]ncc2C(=O)O)n1. The number of anilines is 1. The van der Waals surface area contributed by atoms with E-state index in [1.807, 2.05) is 4.72 Å². The molecule has 0 unspecified atom stereocenters. The maximum absolute atomic E-state index is 11.8. The number of carboxylic acids is 1. The predicted octanol–water partition coefficient (Wildman–Crippen LogP) is -1.57. The molecule has 96 valence electrons. The van der Waals surface area contributed by atoms with Crippen molar-refractivity contribution in [3.8, 4) is 0 Å². The van der Waals surface area contributed by atoms with Crippen LogP contribution in [-0.2, 0) is 17.1 Å². The summed E-state index contributed by atoms with van der Waals surface area (Å²) in [5.74, 6) is -1.69. The summed E-state index contributed by atoms with van der Waals surface area (Å²) in [4.78, 5) is 11.8. The van der Waals surface area contributed by atoms with Crippen molar-refractivity contribution in [2.75, 3.05) is 4.72 Å². The minimum absolute atomic E-state index is 0.275. The van der Waals surface area contributed by atoms with E-state index in [2.05, 4.69) is 25.6 Å². The lowest BCUT2D eigenvalue weighted by Crippen LogP contribution is -2.17. The Bertz CT molecular complexity index is 686. The van der Waals surface area contributed by atoms with Crippen molar-refractivity contribution in [3.05, 3.63) is 11.8 Å². The zero-order valence-corrected chi connectivity index (χ0v) is 9.71. The first-order chi connectivity index (χ1) is 8.40. The molecule has 0 aliphatic carbocycles. The summed E-state index contributed by atoms with van der Waals surface area (Å²) in [6.45, 7) is 0. The van der Waals surface area contributed by atoms with Gasteiger partial charge in [-0.1, -0.05) is 5.10 Å². The second-order valence-corrected chi connectivity index (χ2v) is 4.75. The second kappa shape index (κ2) is 4.06. The molecule has 18 heavy (non-hydrogen) atoms. The molecule has 12 heteroatoms. The van der Waals surface area contributed by atoms with E-state index in [1.165, 1.54) is 7.05 Å². The van der Waals surface area contributed by atoms with Gasteiger partial charge in [0.25, 0.3) is 16.0 Å². The number of aromatic amines is 1. The molecule has 2 heterocycles. The topological polar surface area (TPSA) is 156 Å². The minimum atomic E-state index is -4.16. The summed E-state index contributed by atoms with van der Waals surface area (Å²) in [5, 5.41) is 24.1. The summed E-state index contributed by atoms with van der Waals surface area (Å²) < 4.78 is 25.6. The third kappa shape index (κ3) is 2.13. The molecular weight excluding hydrogens is 266 g/mol. The highest BCUT2D eigenvalue weighted by molar-refractivity contribution is 7.92. The van der Waals surface area contributed by atoms with Crippen molar-refractivity contribution in [2.24, 2.45) is 7.05 Å². The number of aromatic nitrogens is 6. The van der Waals surface area contributed by atoms with Gasteiger partial charge in [-0.15, -0.1) is 5.10 Å². The predicted molar refractivity (Wildman–Crippen MR) is 55.2 cm³/mol. The summed E-state index contributed by atoms with van der Waals surface area (Å²) >= 11 is 0. The molecule has 0 saturated heterocycles. The van der Waals surface area contributed by atoms with Crippen LogP contribution in [0.4, 0.5) is 5.95 Å². The Labute approximate surface area is 99.9 Å². The Hall–Kier alpha value is -2.50. The van der Waals surface area contributed by atoms with Crippen LogP contribution in [0, 0.1) is 0 Å². The molecule has 0 fully saturated rings. The van der Waals surface area contributed by atoms with Gasteiger partial charge in [0.05, 0.1) is 13.2 Å². The lowest BCUT2D eigenvalue weighted by atomic mass is 10.4. The lowest BCUT2D eigenvalue weighted by molar-refractivity contribution is 0.0692. The zero-order chi connectivity index (χ0) is 13.3. The van der Waals surface area contributed by atoms with Gasteiger partial charge in [0.1, 0.15) is 5.56 Å². The van der Waals surface area contributed by atoms with Crippen LogP contribution in [0.3, 0.4) is 0 Å². The molecule has 0 amide bonds. The number of hydrogen-bond donors (Lipinski definition) is 3. The first-order valence-corrected chi connectivity index (χ1v) is 5.92. The third-order valence-corrected chi connectivity index (χ3v) is 3.14. The van der Waals surface area contributed by atoms with E-state index in [1.54, 1.807) is 0 Å². The normalized spacial score (nSPS) is 11.4. The highest BCUT2D eigenvalue weighted by Gasteiger charge is 2.26. The van der Waals surface area contributed by atoms with E-state index in [0.29, 0.717) is 0 Å². The quantitative estimate of drug-likeness (QED) is 0.603. The van der Waals surface area contributed by atoms with Gasteiger partial charge in [0.15, 0.2) is 5.03 Å². The average Bonchev–Trinajstić information content (AvgIpc) is 2.86. The molecule has 0 aliphatic rings. The van der Waals surface area contributed by atoms with Gasteiger partial charge in [-0.05, 0) is 5.21 Å². The van der Waals surface area contributed by atoms with Gasteiger partial charge in [0, 0.05) is 0 Å². The molecule has 3 N–H and O–H groups in total. The van der Waals surface area contributed by atoms with Gasteiger partial charge >= 0.3 is 5.97 Å². The molecule has 2 aromatic rings. The first kappa shape index (κ1) is 12.0. The molecule has 0 aliphatic heterocycles. The minimum Gasteiger partial charge on any atom is -0.478 e. The molecule has 0 radical (unpaired) electrons. The van der Waals surface area contributed by atoms with Gasteiger partial charge in [-0.3, -0.25) is 5.10 Å². The molecule has 0 spiro atoms. The Morgan fingerprint density at radius 3 is 2.83 bits per heavy atom. The van der Waals surface area contributed by atoms with E-state index < -0.39 is 26.6 Å². The summed E-state index contributed by atoms with van der Waals surface area (Å²) in [7, 11) is -2.71. The van der Waals surface area contributed by atoms with Crippen molar-refractivity contribution in [1.82, 2.24) is 30.4 Å². The van der Waals surface area contributed by atoms with Gasteiger partial charge in [0.2, 0.25) is 0 Å². The molecule has 0 aromatic carbocycles. The van der Waals surface area contributed by atoms with Crippen molar-refractivity contribution in [3.63, 3.8) is 0 Å². The van der Waals surface area contributed by atoms with Gasteiger partial charge in [-0.25, -0.2) is 9.52 Å². The van der Waals surface area contributed by atoms with Crippen LogP contribution in [0.1, 0.15) is 10.4 Å². The second-order valence-electron chi connectivity index (χ2n) is 3.13. The fraction of sp³-hybridized carbons (Fsp3) is 0.167. The summed E-state index contributed by atoms with van der Waals surface area (Å²) in [6, 6.07) is 0. The Morgan fingerprint density at radius 2 is 2.28 bits per heavy atom. The van der Waals surface area contributed by atoms with Crippen LogP contribution in [0.5, 0.6) is 0 Å². The van der Waals surface area contributed by atoms with Crippen LogP contribution in [0.15, 0.2) is 11.2 Å². The zero-order valence-electron chi connectivity index (χ0n) is 8.89. The number of rotatable bonds is 4. The van der Waals surface area contributed by atoms with E-state index in [0.717, 1.165) is 11.0 Å². The summed E-state index contributed by atoms with van der Waals surface area (Å²) in [5.41, 5.74) is -0.480. The largest absolute Gasteiger partial charge is 0.478 e. The van der Waals surface area contributed by atoms with Crippen molar-refractivity contribution in [2.45, 2.75) is 5.03 Å². The monoisotopic (exact) mass is 273 g/mol. The Morgan fingerprint density at radius 1 is 1.56 bits per heavy atom.